The largest absolute Gasteiger partial charge is 0.384 e. The third-order valence-electron chi connectivity index (χ3n) is 1.31. The molecule has 1 rings (SSSR count). The van der Waals surface area contributed by atoms with E-state index in [1.165, 1.54) is 0 Å². The maximum atomic E-state index is 7.09. The van der Waals surface area contributed by atoms with Gasteiger partial charge in [0.05, 0.1) is 0 Å². The molecule has 11 heavy (non-hydrogen) atoms. The molecule has 0 radical (unpaired) electrons. The molecule has 0 aromatic heterocycles. The Balaban J connectivity index is 2.91. The summed E-state index contributed by atoms with van der Waals surface area (Å²) < 4.78 is 0. The Hall–Kier alpha value is -1.22. The number of hydrogen-bond acceptors (Lipinski definition) is 2. The molecule has 0 aliphatic carbocycles. The van der Waals surface area contributed by atoms with Crippen LogP contribution < -0.4 is 10.6 Å². The van der Waals surface area contributed by atoms with Crippen LogP contribution in [-0.2, 0) is 0 Å². The van der Waals surface area contributed by atoms with Crippen molar-refractivity contribution in [1.82, 2.24) is 0 Å². The van der Waals surface area contributed by atoms with Crippen LogP contribution in [0.1, 0.15) is 5.56 Å². The van der Waals surface area contributed by atoms with Crippen LogP contribution in [0.4, 0.5) is 5.69 Å². The van der Waals surface area contributed by atoms with E-state index in [1.807, 2.05) is 0 Å². The summed E-state index contributed by atoms with van der Waals surface area (Å²) in [6.45, 7) is 0. The summed E-state index contributed by atoms with van der Waals surface area (Å²) in [6, 6.07) is 6.97. The van der Waals surface area contributed by atoms with Crippen molar-refractivity contribution in [2.45, 2.75) is 0 Å². The highest BCUT2D eigenvalue weighted by atomic mass is 35.5. The number of nitrogens with two attached hydrogens (primary N) is 1. The van der Waals surface area contributed by atoms with Crippen molar-refractivity contribution in [3.05, 3.63) is 29.8 Å². The van der Waals surface area contributed by atoms with Gasteiger partial charge in [-0.3, -0.25) is 10.2 Å². The van der Waals surface area contributed by atoms with E-state index >= 15 is 0 Å². The molecule has 4 N–H and O–H groups in total. The van der Waals surface area contributed by atoms with Gasteiger partial charge in [0.15, 0.2) is 0 Å². The maximum absolute atomic E-state index is 7.09. The predicted octanol–water partition coefficient (Wildman–Crippen LogP) is 1.54. The number of nitrogens with one attached hydrogen (secondary N) is 2. The van der Waals surface area contributed by atoms with Crippen molar-refractivity contribution in [1.29, 1.82) is 5.41 Å². The number of hydrogen-bond donors (Lipinski definition) is 3. The van der Waals surface area contributed by atoms with Gasteiger partial charge in [0.1, 0.15) is 5.84 Å². The Morgan fingerprint density at radius 3 is 2.27 bits per heavy atom. The topological polar surface area (TPSA) is 61.9 Å². The van der Waals surface area contributed by atoms with Crippen LogP contribution in [-0.4, -0.2) is 5.84 Å². The molecular weight excluding hydrogens is 162 g/mol. The molecule has 0 atom stereocenters. The Morgan fingerprint density at radius 2 is 1.91 bits per heavy atom. The monoisotopic (exact) mass is 169 g/mol. The van der Waals surface area contributed by atoms with E-state index in [-0.39, 0.29) is 5.84 Å². The fraction of sp³-hybridized carbons (Fsp3) is 0. The van der Waals surface area contributed by atoms with Gasteiger partial charge >= 0.3 is 0 Å². The predicted molar refractivity (Wildman–Crippen MR) is 46.9 cm³/mol. The van der Waals surface area contributed by atoms with Crippen molar-refractivity contribution in [2.75, 3.05) is 4.84 Å². The van der Waals surface area contributed by atoms with Crippen LogP contribution in [0.15, 0.2) is 24.3 Å². The molecule has 0 spiro atoms. The Labute approximate surface area is 69.8 Å². The molecule has 0 fully saturated rings. The lowest BCUT2D eigenvalue weighted by Gasteiger charge is -1.99. The second-order valence-corrected chi connectivity index (χ2v) is 2.27. The highest BCUT2D eigenvalue weighted by Crippen LogP contribution is 2.09. The smallest absolute Gasteiger partial charge is 0.122 e. The number of benzene rings is 1. The number of rotatable bonds is 2. The average Bonchev–Trinajstić information content (AvgIpc) is 2.05. The molecular formula is C7H8ClN3. The van der Waals surface area contributed by atoms with E-state index in [0.717, 1.165) is 5.69 Å². The van der Waals surface area contributed by atoms with Crippen molar-refractivity contribution >= 4 is 23.3 Å². The Morgan fingerprint density at radius 1 is 1.36 bits per heavy atom. The maximum Gasteiger partial charge on any atom is 0.122 e. The first-order valence-electron chi connectivity index (χ1n) is 3.05. The van der Waals surface area contributed by atoms with Gasteiger partial charge in [-0.05, 0) is 24.3 Å². The normalized spacial score (nSPS) is 9.18. The van der Waals surface area contributed by atoms with Crippen molar-refractivity contribution in [3.8, 4) is 0 Å². The second kappa shape index (κ2) is 3.25. The molecule has 4 heteroatoms. The van der Waals surface area contributed by atoms with E-state index in [4.69, 9.17) is 22.9 Å². The van der Waals surface area contributed by atoms with Crippen molar-refractivity contribution in [3.63, 3.8) is 0 Å². The zero-order valence-electron chi connectivity index (χ0n) is 5.76. The number of nitrogen functional groups attached to an aromatic ring is 1. The van der Waals surface area contributed by atoms with Gasteiger partial charge in [0.25, 0.3) is 0 Å². The molecule has 0 aliphatic rings. The van der Waals surface area contributed by atoms with Crippen molar-refractivity contribution < 1.29 is 0 Å². The lowest BCUT2D eigenvalue weighted by molar-refractivity contribution is 1.42. The number of amidine groups is 1. The molecule has 0 amide bonds. The highest BCUT2D eigenvalue weighted by molar-refractivity contribution is 6.23. The quantitative estimate of drug-likeness (QED) is 0.357. The van der Waals surface area contributed by atoms with Crippen LogP contribution in [0.5, 0.6) is 0 Å². The van der Waals surface area contributed by atoms with Crippen LogP contribution in [0.3, 0.4) is 0 Å². The minimum atomic E-state index is 0.0612. The molecule has 0 saturated heterocycles. The van der Waals surface area contributed by atoms with Gasteiger partial charge in [-0.15, -0.1) is 0 Å². The summed E-state index contributed by atoms with van der Waals surface area (Å²) in [5.41, 5.74) is 6.72. The highest BCUT2D eigenvalue weighted by Gasteiger charge is 1.94. The molecule has 0 heterocycles. The molecule has 0 unspecified atom stereocenters. The lowest BCUT2D eigenvalue weighted by atomic mass is 10.2. The fourth-order valence-corrected chi connectivity index (χ4v) is 0.839. The van der Waals surface area contributed by atoms with E-state index in [1.54, 1.807) is 24.3 Å². The van der Waals surface area contributed by atoms with Gasteiger partial charge in [0, 0.05) is 23.0 Å². The molecule has 58 valence electrons. The van der Waals surface area contributed by atoms with Crippen LogP contribution in [0.2, 0.25) is 0 Å². The molecule has 3 nitrogen and oxygen atoms in total. The summed E-state index contributed by atoms with van der Waals surface area (Å²) in [7, 11) is 0. The zero-order chi connectivity index (χ0) is 8.27. The molecule has 0 aliphatic heterocycles. The second-order valence-electron chi connectivity index (χ2n) is 2.09. The molecule has 1 aromatic rings. The summed E-state index contributed by atoms with van der Waals surface area (Å²) in [5.74, 6) is 0.0612. The lowest BCUT2D eigenvalue weighted by Crippen LogP contribution is -2.10. The van der Waals surface area contributed by atoms with Gasteiger partial charge in [-0.1, -0.05) is 0 Å². The van der Waals surface area contributed by atoms with Gasteiger partial charge in [0.2, 0.25) is 0 Å². The minimum absolute atomic E-state index is 0.0612. The van der Waals surface area contributed by atoms with Crippen LogP contribution in [0, 0.1) is 5.41 Å². The summed E-state index contributed by atoms with van der Waals surface area (Å²) in [6.07, 6.45) is 0. The number of anilines is 1. The Bertz CT molecular complexity index is 255. The molecule has 1 aromatic carbocycles. The standard InChI is InChI=1S/C7H8ClN3/c8-11-6-3-1-5(2-4-6)7(9)10/h1-4,11H,(H3,9,10). The molecule has 0 saturated carbocycles. The average molecular weight is 170 g/mol. The third-order valence-corrected chi connectivity index (χ3v) is 1.52. The first-order chi connectivity index (χ1) is 5.24. The minimum Gasteiger partial charge on any atom is -0.384 e. The fourth-order valence-electron chi connectivity index (χ4n) is 0.713. The van der Waals surface area contributed by atoms with Crippen molar-refractivity contribution in [2.24, 2.45) is 5.73 Å². The molecule has 0 bridgehead atoms. The first kappa shape index (κ1) is 7.88. The summed E-state index contributed by atoms with van der Waals surface area (Å²) >= 11 is 5.32. The number of halogens is 1. The zero-order valence-corrected chi connectivity index (χ0v) is 6.52. The summed E-state index contributed by atoms with van der Waals surface area (Å²) in [5, 5.41) is 7.09. The Kier molecular flexibility index (Phi) is 2.33. The van der Waals surface area contributed by atoms with E-state index in [0.29, 0.717) is 5.56 Å². The van der Waals surface area contributed by atoms with Gasteiger partial charge < -0.3 is 5.73 Å². The van der Waals surface area contributed by atoms with E-state index in [2.05, 4.69) is 4.84 Å². The third kappa shape index (κ3) is 1.85. The SMILES string of the molecule is N=C(N)c1ccc(NCl)cc1. The van der Waals surface area contributed by atoms with E-state index < -0.39 is 0 Å². The van der Waals surface area contributed by atoms with Gasteiger partial charge in [-0.2, -0.15) is 0 Å². The summed E-state index contributed by atoms with van der Waals surface area (Å²) in [4.78, 5) is 2.45. The van der Waals surface area contributed by atoms with Crippen LogP contribution >= 0.6 is 11.8 Å². The van der Waals surface area contributed by atoms with E-state index in [9.17, 15) is 0 Å². The first-order valence-corrected chi connectivity index (χ1v) is 3.43. The van der Waals surface area contributed by atoms with Gasteiger partial charge in [-0.25, -0.2) is 0 Å². The van der Waals surface area contributed by atoms with Crippen LogP contribution in [0.25, 0.3) is 0 Å².